The number of rotatable bonds is 2. The van der Waals surface area contributed by atoms with Gasteiger partial charge in [0.05, 0.1) is 11.3 Å². The maximum absolute atomic E-state index is 12.5. The van der Waals surface area contributed by atoms with Gasteiger partial charge in [0.1, 0.15) is 0 Å². The Kier molecular flexibility index (Phi) is 2.99. The first-order valence-corrected chi connectivity index (χ1v) is 6.40. The van der Waals surface area contributed by atoms with Crippen LogP contribution in [-0.4, -0.2) is 24.9 Å². The number of amides is 1. The van der Waals surface area contributed by atoms with E-state index in [1.165, 1.54) is 0 Å². The van der Waals surface area contributed by atoms with Gasteiger partial charge in [-0.1, -0.05) is 42.5 Å². The highest BCUT2D eigenvalue weighted by Crippen LogP contribution is 2.25. The van der Waals surface area contributed by atoms with Gasteiger partial charge in [0.25, 0.3) is 5.91 Å². The van der Waals surface area contributed by atoms with E-state index in [1.54, 1.807) is 23.1 Å². The Bertz CT molecular complexity index is 667. The lowest BCUT2D eigenvalue weighted by Crippen LogP contribution is -2.55. The highest BCUT2D eigenvalue weighted by atomic mass is 16.2. The Labute approximate surface area is 117 Å². The lowest BCUT2D eigenvalue weighted by molar-refractivity contribution is 0.0847. The van der Waals surface area contributed by atoms with Crippen molar-refractivity contribution >= 4 is 17.4 Å². The van der Waals surface area contributed by atoms with Crippen LogP contribution in [0.2, 0.25) is 0 Å². The van der Waals surface area contributed by atoms with Gasteiger partial charge in [0, 0.05) is 12.6 Å². The molecule has 2 aromatic rings. The second-order valence-electron chi connectivity index (χ2n) is 4.73. The van der Waals surface area contributed by atoms with Crippen LogP contribution in [0.3, 0.4) is 0 Å². The van der Waals surface area contributed by atoms with E-state index in [9.17, 15) is 9.59 Å². The summed E-state index contributed by atoms with van der Waals surface area (Å²) in [5, 5.41) is 2.76. The summed E-state index contributed by atoms with van der Waals surface area (Å²) in [5.74, 6) is -0.330. The average molecular weight is 266 g/mol. The standard InChI is InChI=1S/C16H14N2O2/c1-18-13-10-6-5-9-12(13)16(20)17-15(18)14(19)11-7-3-2-4-8-11/h2-10,15H,1H3,(H,17,20). The smallest absolute Gasteiger partial charge is 0.255 e. The molecule has 0 bridgehead atoms. The van der Waals surface area contributed by atoms with Crippen LogP contribution < -0.4 is 10.2 Å². The van der Waals surface area contributed by atoms with Crippen molar-refractivity contribution in [2.75, 3.05) is 11.9 Å². The number of fused-ring (bicyclic) bond motifs is 1. The molecule has 4 heteroatoms. The van der Waals surface area contributed by atoms with Crippen molar-refractivity contribution in [3.8, 4) is 0 Å². The summed E-state index contributed by atoms with van der Waals surface area (Å²) in [6.45, 7) is 0. The van der Waals surface area contributed by atoms with Gasteiger partial charge in [0.15, 0.2) is 6.17 Å². The van der Waals surface area contributed by atoms with E-state index in [-0.39, 0.29) is 11.7 Å². The molecule has 0 saturated carbocycles. The highest BCUT2D eigenvalue weighted by Gasteiger charge is 2.33. The topological polar surface area (TPSA) is 49.4 Å². The number of carbonyl (C=O) groups excluding carboxylic acids is 2. The maximum Gasteiger partial charge on any atom is 0.255 e. The van der Waals surface area contributed by atoms with Gasteiger partial charge in [-0.25, -0.2) is 0 Å². The van der Waals surface area contributed by atoms with Crippen LogP contribution in [0.5, 0.6) is 0 Å². The third kappa shape index (κ3) is 1.95. The molecule has 0 saturated heterocycles. The van der Waals surface area contributed by atoms with Crippen LogP contribution in [0, 0.1) is 0 Å². The van der Waals surface area contributed by atoms with Crippen molar-refractivity contribution in [3.63, 3.8) is 0 Å². The SMILES string of the molecule is CN1c2ccccc2C(=O)NC1C(=O)c1ccccc1. The molecular weight excluding hydrogens is 252 g/mol. The summed E-state index contributed by atoms with van der Waals surface area (Å²) in [5.41, 5.74) is 1.95. The van der Waals surface area contributed by atoms with Gasteiger partial charge < -0.3 is 10.2 Å². The third-order valence-corrected chi connectivity index (χ3v) is 3.49. The molecule has 100 valence electrons. The molecule has 0 aliphatic carbocycles. The minimum Gasteiger partial charge on any atom is -0.347 e. The molecule has 0 aromatic heterocycles. The number of benzene rings is 2. The molecule has 0 spiro atoms. The number of nitrogens with zero attached hydrogens (tertiary/aromatic N) is 1. The van der Waals surface area contributed by atoms with Crippen molar-refractivity contribution in [2.45, 2.75) is 6.17 Å². The predicted octanol–water partition coefficient (Wildman–Crippen LogP) is 2.08. The molecule has 20 heavy (non-hydrogen) atoms. The Morgan fingerprint density at radius 1 is 1.05 bits per heavy atom. The van der Waals surface area contributed by atoms with Gasteiger partial charge in [-0.05, 0) is 12.1 Å². The number of nitrogens with one attached hydrogen (secondary N) is 1. The number of anilines is 1. The molecule has 0 radical (unpaired) electrons. The number of Topliss-reactive ketones (excluding diaryl/α,β-unsaturated/α-hetero) is 1. The van der Waals surface area contributed by atoms with E-state index in [0.29, 0.717) is 11.1 Å². The summed E-state index contributed by atoms with van der Waals surface area (Å²) < 4.78 is 0. The van der Waals surface area contributed by atoms with Crippen molar-refractivity contribution in [3.05, 3.63) is 65.7 Å². The fourth-order valence-corrected chi connectivity index (χ4v) is 2.41. The van der Waals surface area contributed by atoms with Gasteiger partial charge in [-0.15, -0.1) is 0 Å². The van der Waals surface area contributed by atoms with E-state index in [2.05, 4.69) is 5.32 Å². The van der Waals surface area contributed by atoms with Crippen molar-refractivity contribution in [1.29, 1.82) is 0 Å². The maximum atomic E-state index is 12.5. The zero-order valence-corrected chi connectivity index (χ0v) is 11.0. The van der Waals surface area contributed by atoms with Gasteiger partial charge >= 0.3 is 0 Å². The quantitative estimate of drug-likeness (QED) is 0.847. The van der Waals surface area contributed by atoms with E-state index in [4.69, 9.17) is 0 Å². The summed E-state index contributed by atoms with van der Waals surface area (Å²) in [6, 6.07) is 16.3. The van der Waals surface area contributed by atoms with Crippen LogP contribution in [0.4, 0.5) is 5.69 Å². The van der Waals surface area contributed by atoms with E-state index >= 15 is 0 Å². The molecule has 1 atom stereocenters. The second kappa shape index (κ2) is 4.81. The summed E-state index contributed by atoms with van der Waals surface area (Å²) >= 11 is 0. The van der Waals surface area contributed by atoms with Crippen molar-refractivity contribution < 1.29 is 9.59 Å². The second-order valence-corrected chi connectivity index (χ2v) is 4.73. The van der Waals surface area contributed by atoms with Gasteiger partial charge in [0.2, 0.25) is 5.78 Å². The van der Waals surface area contributed by atoms with E-state index < -0.39 is 6.17 Å². The molecule has 4 nitrogen and oxygen atoms in total. The summed E-state index contributed by atoms with van der Waals surface area (Å²) in [7, 11) is 1.81. The Morgan fingerprint density at radius 3 is 2.45 bits per heavy atom. The van der Waals surface area contributed by atoms with E-state index in [1.807, 2.05) is 43.4 Å². The largest absolute Gasteiger partial charge is 0.347 e. The molecule has 3 rings (SSSR count). The Hall–Kier alpha value is -2.62. The molecule has 1 N–H and O–H groups in total. The zero-order valence-electron chi connectivity index (χ0n) is 11.0. The highest BCUT2D eigenvalue weighted by molar-refractivity contribution is 6.10. The normalized spacial score (nSPS) is 17.4. The monoisotopic (exact) mass is 266 g/mol. The number of hydrogen-bond donors (Lipinski definition) is 1. The molecule has 1 aliphatic heterocycles. The molecule has 0 fully saturated rings. The lowest BCUT2D eigenvalue weighted by Gasteiger charge is -2.35. The van der Waals surface area contributed by atoms with Crippen LogP contribution in [0.25, 0.3) is 0 Å². The van der Waals surface area contributed by atoms with Crippen molar-refractivity contribution in [2.24, 2.45) is 0 Å². The van der Waals surface area contributed by atoms with Crippen LogP contribution in [0.1, 0.15) is 20.7 Å². The first-order valence-electron chi connectivity index (χ1n) is 6.40. The Morgan fingerprint density at radius 2 is 1.70 bits per heavy atom. The van der Waals surface area contributed by atoms with Gasteiger partial charge in [-0.2, -0.15) is 0 Å². The zero-order chi connectivity index (χ0) is 14.1. The number of ketones is 1. The third-order valence-electron chi connectivity index (χ3n) is 3.49. The molecule has 2 aromatic carbocycles. The minimum atomic E-state index is -0.667. The minimum absolute atomic E-state index is 0.115. The lowest BCUT2D eigenvalue weighted by atomic mass is 10.0. The molecule has 1 heterocycles. The molecule has 1 aliphatic rings. The summed E-state index contributed by atoms with van der Waals surface area (Å²) in [6.07, 6.45) is -0.667. The fourth-order valence-electron chi connectivity index (χ4n) is 2.41. The number of carbonyl (C=O) groups is 2. The number of hydrogen-bond acceptors (Lipinski definition) is 3. The van der Waals surface area contributed by atoms with Gasteiger partial charge in [-0.3, -0.25) is 9.59 Å². The summed E-state index contributed by atoms with van der Waals surface area (Å²) in [4.78, 5) is 26.4. The Balaban J connectivity index is 1.98. The molecule has 1 unspecified atom stereocenters. The van der Waals surface area contributed by atoms with Crippen LogP contribution in [0.15, 0.2) is 54.6 Å². The first-order chi connectivity index (χ1) is 9.68. The fraction of sp³-hybridized carbons (Fsp3) is 0.125. The predicted molar refractivity (Wildman–Crippen MR) is 76.9 cm³/mol. The van der Waals surface area contributed by atoms with Crippen molar-refractivity contribution in [1.82, 2.24) is 5.32 Å². The van der Waals surface area contributed by atoms with Crippen LogP contribution >= 0.6 is 0 Å². The first kappa shape index (κ1) is 12.4. The van der Waals surface area contributed by atoms with Crippen LogP contribution in [-0.2, 0) is 0 Å². The average Bonchev–Trinajstić information content (AvgIpc) is 2.51. The number of likely N-dealkylation sites (N-methyl/N-ethyl adjacent to an activating group) is 1. The number of para-hydroxylation sites is 1. The van der Waals surface area contributed by atoms with E-state index in [0.717, 1.165) is 5.69 Å². The molecular formula is C16H14N2O2. The molecule has 1 amide bonds.